The molecule has 1 aromatic rings. The summed E-state index contributed by atoms with van der Waals surface area (Å²) in [5.74, 6) is 0.753. The van der Waals surface area contributed by atoms with Gasteiger partial charge in [-0.15, -0.1) is 0 Å². The lowest BCUT2D eigenvalue weighted by Crippen LogP contribution is -2.54. The predicted molar refractivity (Wildman–Crippen MR) is 77.3 cm³/mol. The van der Waals surface area contributed by atoms with Gasteiger partial charge in [0, 0.05) is 24.7 Å². The van der Waals surface area contributed by atoms with E-state index < -0.39 is 0 Å². The van der Waals surface area contributed by atoms with E-state index in [9.17, 15) is 10.1 Å². The number of nitro groups is 1. The van der Waals surface area contributed by atoms with Crippen LogP contribution in [0.1, 0.15) is 37.4 Å². The van der Waals surface area contributed by atoms with Crippen molar-refractivity contribution in [3.8, 4) is 0 Å². The Hall–Kier alpha value is -1.46. The molecule has 1 heterocycles. The Kier molecular flexibility index (Phi) is 3.72. The van der Waals surface area contributed by atoms with Gasteiger partial charge in [-0.25, -0.2) is 0 Å². The van der Waals surface area contributed by atoms with E-state index in [2.05, 4.69) is 17.3 Å². The van der Waals surface area contributed by atoms with Gasteiger partial charge in [-0.1, -0.05) is 12.8 Å². The van der Waals surface area contributed by atoms with E-state index in [1.165, 1.54) is 25.7 Å². The van der Waals surface area contributed by atoms with Crippen LogP contribution in [-0.2, 0) is 0 Å². The standard InChI is InChI=1S/C15H21N3O2/c1-17-10-12-4-2-3-5-14(12)16-15(17)11-6-8-13(9-7-11)18(19)20/h6-9,12,14-16H,2-5,10H2,1H3/t12-,14-,15+/m1/s1. The van der Waals surface area contributed by atoms with Gasteiger partial charge in [-0.3, -0.25) is 20.3 Å². The van der Waals surface area contributed by atoms with E-state index in [0.717, 1.165) is 18.0 Å². The number of nitrogens with one attached hydrogen (secondary N) is 1. The summed E-state index contributed by atoms with van der Waals surface area (Å²) >= 11 is 0. The molecule has 1 aliphatic carbocycles. The normalized spacial score (nSPS) is 30.8. The topological polar surface area (TPSA) is 58.4 Å². The lowest BCUT2D eigenvalue weighted by atomic mass is 9.82. The summed E-state index contributed by atoms with van der Waals surface area (Å²) < 4.78 is 0. The first-order chi connectivity index (χ1) is 9.65. The van der Waals surface area contributed by atoms with Gasteiger partial charge in [0.25, 0.3) is 5.69 Å². The number of rotatable bonds is 2. The van der Waals surface area contributed by atoms with Gasteiger partial charge in [0.15, 0.2) is 0 Å². The Balaban J connectivity index is 1.77. The van der Waals surface area contributed by atoms with Crippen molar-refractivity contribution in [2.24, 2.45) is 5.92 Å². The summed E-state index contributed by atoms with van der Waals surface area (Å²) in [4.78, 5) is 12.7. The highest BCUT2D eigenvalue weighted by Crippen LogP contribution is 2.33. The molecule has 5 heteroatoms. The largest absolute Gasteiger partial charge is 0.295 e. The number of nitro benzene ring substituents is 1. The molecule has 0 radical (unpaired) electrons. The monoisotopic (exact) mass is 275 g/mol. The zero-order valence-electron chi connectivity index (χ0n) is 11.8. The summed E-state index contributed by atoms with van der Waals surface area (Å²) in [6, 6.07) is 7.53. The highest BCUT2D eigenvalue weighted by Gasteiger charge is 2.35. The molecular formula is C15H21N3O2. The molecule has 1 aromatic carbocycles. The lowest BCUT2D eigenvalue weighted by molar-refractivity contribution is -0.384. The van der Waals surface area contributed by atoms with Gasteiger partial charge in [-0.05, 0) is 43.5 Å². The molecule has 1 N–H and O–H groups in total. The van der Waals surface area contributed by atoms with Gasteiger partial charge in [-0.2, -0.15) is 0 Å². The molecule has 1 aliphatic heterocycles. The molecule has 3 atom stereocenters. The van der Waals surface area contributed by atoms with Crippen LogP contribution in [0.15, 0.2) is 24.3 Å². The Morgan fingerprint density at radius 1 is 1.25 bits per heavy atom. The zero-order chi connectivity index (χ0) is 14.1. The smallest absolute Gasteiger partial charge is 0.269 e. The number of hydrogen-bond donors (Lipinski definition) is 1. The Bertz CT molecular complexity index is 488. The Morgan fingerprint density at radius 2 is 1.95 bits per heavy atom. The van der Waals surface area contributed by atoms with Crippen LogP contribution in [-0.4, -0.2) is 29.5 Å². The van der Waals surface area contributed by atoms with E-state index in [-0.39, 0.29) is 16.8 Å². The molecule has 1 saturated heterocycles. The Labute approximate surface area is 119 Å². The maximum atomic E-state index is 10.7. The molecule has 1 saturated carbocycles. The molecule has 3 rings (SSSR count). The minimum absolute atomic E-state index is 0.155. The third kappa shape index (κ3) is 2.55. The van der Waals surface area contributed by atoms with Crippen molar-refractivity contribution < 1.29 is 4.92 Å². The van der Waals surface area contributed by atoms with Crippen LogP contribution in [0.2, 0.25) is 0 Å². The molecule has 0 amide bonds. The average molecular weight is 275 g/mol. The predicted octanol–water partition coefficient (Wildman–Crippen LogP) is 2.69. The fourth-order valence-corrected chi connectivity index (χ4v) is 3.58. The fourth-order valence-electron chi connectivity index (χ4n) is 3.58. The number of non-ortho nitro benzene ring substituents is 1. The average Bonchev–Trinajstić information content (AvgIpc) is 2.46. The summed E-state index contributed by atoms with van der Waals surface area (Å²) in [6.45, 7) is 1.11. The zero-order valence-corrected chi connectivity index (χ0v) is 11.8. The molecule has 0 spiro atoms. The molecule has 2 fully saturated rings. The molecule has 108 valence electrons. The number of nitrogens with zero attached hydrogens (tertiary/aromatic N) is 2. The van der Waals surface area contributed by atoms with Crippen molar-refractivity contribution in [1.29, 1.82) is 0 Å². The van der Waals surface area contributed by atoms with Crippen LogP contribution in [0, 0.1) is 16.0 Å². The molecule has 0 bridgehead atoms. The van der Waals surface area contributed by atoms with Crippen molar-refractivity contribution in [2.75, 3.05) is 13.6 Å². The number of fused-ring (bicyclic) bond motifs is 1. The highest BCUT2D eigenvalue weighted by atomic mass is 16.6. The minimum atomic E-state index is -0.348. The second kappa shape index (κ2) is 5.50. The number of hydrogen-bond acceptors (Lipinski definition) is 4. The van der Waals surface area contributed by atoms with Crippen molar-refractivity contribution in [1.82, 2.24) is 10.2 Å². The lowest BCUT2D eigenvalue weighted by Gasteiger charge is -2.45. The first-order valence-corrected chi connectivity index (χ1v) is 7.36. The quantitative estimate of drug-likeness (QED) is 0.666. The molecule has 2 aliphatic rings. The Morgan fingerprint density at radius 3 is 2.65 bits per heavy atom. The van der Waals surface area contributed by atoms with E-state index in [1.54, 1.807) is 12.1 Å². The van der Waals surface area contributed by atoms with Gasteiger partial charge in [0.2, 0.25) is 0 Å². The third-order valence-corrected chi connectivity index (χ3v) is 4.66. The van der Waals surface area contributed by atoms with Gasteiger partial charge in [0.1, 0.15) is 0 Å². The van der Waals surface area contributed by atoms with Crippen LogP contribution >= 0.6 is 0 Å². The molecule has 20 heavy (non-hydrogen) atoms. The van der Waals surface area contributed by atoms with E-state index in [4.69, 9.17) is 0 Å². The minimum Gasteiger partial charge on any atom is -0.295 e. The fraction of sp³-hybridized carbons (Fsp3) is 0.600. The molecule has 0 aromatic heterocycles. The molecule has 5 nitrogen and oxygen atoms in total. The van der Waals surface area contributed by atoms with Crippen molar-refractivity contribution >= 4 is 5.69 Å². The van der Waals surface area contributed by atoms with Crippen LogP contribution in [0.4, 0.5) is 5.69 Å². The van der Waals surface area contributed by atoms with E-state index >= 15 is 0 Å². The van der Waals surface area contributed by atoms with Gasteiger partial charge in [0.05, 0.1) is 11.1 Å². The third-order valence-electron chi connectivity index (χ3n) is 4.66. The summed E-state index contributed by atoms with van der Waals surface area (Å²) in [5, 5.41) is 14.4. The molecule has 0 unspecified atom stereocenters. The van der Waals surface area contributed by atoms with Crippen LogP contribution < -0.4 is 5.32 Å². The molecular weight excluding hydrogens is 254 g/mol. The first-order valence-electron chi connectivity index (χ1n) is 7.36. The number of benzene rings is 1. The van der Waals surface area contributed by atoms with Gasteiger partial charge < -0.3 is 0 Å². The highest BCUT2D eigenvalue weighted by molar-refractivity contribution is 5.34. The van der Waals surface area contributed by atoms with E-state index in [1.807, 2.05) is 12.1 Å². The van der Waals surface area contributed by atoms with Crippen molar-refractivity contribution in [2.45, 2.75) is 37.9 Å². The maximum absolute atomic E-state index is 10.7. The van der Waals surface area contributed by atoms with Crippen LogP contribution in [0.3, 0.4) is 0 Å². The first kappa shape index (κ1) is 13.5. The second-order valence-corrected chi connectivity index (χ2v) is 6.01. The van der Waals surface area contributed by atoms with E-state index in [0.29, 0.717) is 6.04 Å². The summed E-state index contributed by atoms with van der Waals surface area (Å²) in [7, 11) is 2.13. The van der Waals surface area contributed by atoms with Crippen LogP contribution in [0.5, 0.6) is 0 Å². The van der Waals surface area contributed by atoms with Gasteiger partial charge >= 0.3 is 0 Å². The maximum Gasteiger partial charge on any atom is 0.269 e. The van der Waals surface area contributed by atoms with Crippen molar-refractivity contribution in [3.05, 3.63) is 39.9 Å². The van der Waals surface area contributed by atoms with Crippen molar-refractivity contribution in [3.63, 3.8) is 0 Å². The summed E-state index contributed by atoms with van der Waals surface area (Å²) in [5.41, 5.74) is 1.27. The summed E-state index contributed by atoms with van der Waals surface area (Å²) in [6.07, 6.45) is 5.40. The second-order valence-electron chi connectivity index (χ2n) is 6.01. The SMILES string of the molecule is CN1C[C@H]2CCCC[C@H]2N[C@@H]1c1ccc([N+](=O)[O-])cc1. The van der Waals surface area contributed by atoms with Crippen LogP contribution in [0.25, 0.3) is 0 Å².